The van der Waals surface area contributed by atoms with Gasteiger partial charge in [-0.1, -0.05) is 24.3 Å². The van der Waals surface area contributed by atoms with Crippen LogP contribution in [0.1, 0.15) is 36.5 Å². The summed E-state index contributed by atoms with van der Waals surface area (Å²) in [5, 5.41) is 12.5. The number of pyridine rings is 1. The number of ether oxygens (including phenoxy) is 2. The fourth-order valence-electron chi connectivity index (χ4n) is 4.15. The van der Waals surface area contributed by atoms with Crippen molar-refractivity contribution < 1.29 is 20.8 Å². The second-order valence-corrected chi connectivity index (χ2v) is 8.23. The standard InChI is InChI=1S/C25H24N2O4.H2/c1-15-16(2)23(26-12-20(15)18-5-3-4-17(10-18)13-28)27-24(29)25(8-9-25)19-6-7-21-22(11-19)31-14-30-21;/h3-7,10-12,28H,8-9,13-14H2,1-2H3,(H,26,27,29);1H. The molecule has 0 unspecified atom stereocenters. The molecule has 5 rings (SSSR count). The van der Waals surface area contributed by atoms with Crippen molar-refractivity contribution in [3.05, 3.63) is 70.9 Å². The Morgan fingerprint density at radius 1 is 1.13 bits per heavy atom. The van der Waals surface area contributed by atoms with Crippen LogP contribution in [0.3, 0.4) is 0 Å². The first kappa shape index (κ1) is 19.6. The second-order valence-electron chi connectivity index (χ2n) is 8.23. The van der Waals surface area contributed by atoms with E-state index in [4.69, 9.17) is 9.47 Å². The van der Waals surface area contributed by atoms with Gasteiger partial charge in [-0.05, 0) is 72.7 Å². The van der Waals surface area contributed by atoms with Crippen LogP contribution in [0.2, 0.25) is 0 Å². The van der Waals surface area contributed by atoms with Gasteiger partial charge in [0.2, 0.25) is 12.7 Å². The third-order valence-electron chi connectivity index (χ3n) is 6.41. The van der Waals surface area contributed by atoms with E-state index in [1.54, 1.807) is 6.20 Å². The van der Waals surface area contributed by atoms with Gasteiger partial charge in [0.05, 0.1) is 12.0 Å². The summed E-state index contributed by atoms with van der Waals surface area (Å²) < 4.78 is 10.9. The van der Waals surface area contributed by atoms with Crippen molar-refractivity contribution in [3.63, 3.8) is 0 Å². The van der Waals surface area contributed by atoms with Gasteiger partial charge < -0.3 is 19.9 Å². The van der Waals surface area contributed by atoms with E-state index in [1.807, 2.05) is 56.3 Å². The van der Waals surface area contributed by atoms with E-state index in [1.165, 1.54) is 0 Å². The van der Waals surface area contributed by atoms with Crippen LogP contribution in [0.5, 0.6) is 11.5 Å². The van der Waals surface area contributed by atoms with Gasteiger partial charge in [0.15, 0.2) is 11.5 Å². The number of nitrogens with zero attached hydrogens (tertiary/aromatic N) is 1. The minimum atomic E-state index is -0.545. The number of rotatable bonds is 5. The smallest absolute Gasteiger partial charge is 0.236 e. The topological polar surface area (TPSA) is 80.7 Å². The fraction of sp³-hybridized carbons (Fsp3) is 0.280. The number of aliphatic hydroxyl groups is 1. The van der Waals surface area contributed by atoms with Crippen LogP contribution in [0.4, 0.5) is 5.82 Å². The molecule has 1 fully saturated rings. The Kier molecular flexibility index (Phi) is 4.67. The van der Waals surface area contributed by atoms with Crippen molar-refractivity contribution in [2.75, 3.05) is 12.1 Å². The molecule has 0 radical (unpaired) electrons. The summed E-state index contributed by atoms with van der Waals surface area (Å²) in [7, 11) is 0. The number of carbonyl (C=O) groups excluding carboxylic acids is 1. The van der Waals surface area contributed by atoms with Crippen LogP contribution in [0, 0.1) is 13.8 Å². The summed E-state index contributed by atoms with van der Waals surface area (Å²) in [4.78, 5) is 17.8. The zero-order valence-corrected chi connectivity index (χ0v) is 17.6. The van der Waals surface area contributed by atoms with Crippen LogP contribution >= 0.6 is 0 Å². The highest BCUT2D eigenvalue weighted by Gasteiger charge is 2.52. The van der Waals surface area contributed by atoms with Crippen molar-refractivity contribution in [1.29, 1.82) is 0 Å². The number of aliphatic hydroxyl groups excluding tert-OH is 1. The van der Waals surface area contributed by atoms with Crippen LogP contribution < -0.4 is 14.8 Å². The number of anilines is 1. The predicted octanol–water partition coefficient (Wildman–Crippen LogP) is 4.50. The van der Waals surface area contributed by atoms with Crippen molar-refractivity contribution >= 4 is 11.7 Å². The molecule has 1 aliphatic carbocycles. The molecule has 1 saturated carbocycles. The lowest BCUT2D eigenvalue weighted by molar-refractivity contribution is -0.118. The van der Waals surface area contributed by atoms with Gasteiger partial charge in [0.25, 0.3) is 0 Å². The first-order valence-corrected chi connectivity index (χ1v) is 10.4. The number of nitrogens with one attached hydrogen (secondary N) is 1. The van der Waals surface area contributed by atoms with Gasteiger partial charge in [0.1, 0.15) is 5.82 Å². The molecule has 0 saturated heterocycles. The zero-order chi connectivity index (χ0) is 21.6. The van der Waals surface area contributed by atoms with Gasteiger partial charge in [-0.3, -0.25) is 4.79 Å². The summed E-state index contributed by atoms with van der Waals surface area (Å²) in [6.45, 7) is 4.21. The van der Waals surface area contributed by atoms with Gasteiger partial charge in [-0.2, -0.15) is 0 Å². The maximum absolute atomic E-state index is 13.2. The van der Waals surface area contributed by atoms with Crippen LogP contribution in [-0.2, 0) is 16.8 Å². The summed E-state index contributed by atoms with van der Waals surface area (Å²) in [6.07, 6.45) is 3.37. The molecule has 1 aliphatic heterocycles. The Hall–Kier alpha value is -3.38. The van der Waals surface area contributed by atoms with Gasteiger partial charge in [0, 0.05) is 13.2 Å². The van der Waals surface area contributed by atoms with E-state index in [0.717, 1.165) is 46.2 Å². The molecule has 1 aromatic heterocycles. The molecule has 6 nitrogen and oxygen atoms in total. The average molecular weight is 418 g/mol. The monoisotopic (exact) mass is 418 g/mol. The molecule has 0 atom stereocenters. The third kappa shape index (κ3) is 3.33. The molecular weight excluding hydrogens is 392 g/mol. The number of aromatic nitrogens is 1. The largest absolute Gasteiger partial charge is 0.454 e. The molecule has 31 heavy (non-hydrogen) atoms. The first-order valence-electron chi connectivity index (χ1n) is 10.4. The highest BCUT2D eigenvalue weighted by atomic mass is 16.7. The molecule has 0 spiro atoms. The van der Waals surface area contributed by atoms with E-state index in [9.17, 15) is 9.90 Å². The molecule has 3 aromatic rings. The fourth-order valence-corrected chi connectivity index (χ4v) is 4.15. The lowest BCUT2D eigenvalue weighted by Gasteiger charge is -2.18. The number of hydrogen-bond donors (Lipinski definition) is 2. The normalized spacial score (nSPS) is 15.6. The highest BCUT2D eigenvalue weighted by Crippen LogP contribution is 2.51. The van der Waals surface area contributed by atoms with Crippen molar-refractivity contribution in [2.24, 2.45) is 0 Å². The molecule has 160 valence electrons. The lowest BCUT2D eigenvalue weighted by Crippen LogP contribution is -2.28. The Morgan fingerprint density at radius 2 is 1.94 bits per heavy atom. The molecule has 2 aliphatic rings. The minimum absolute atomic E-state index is 0. The Balaban J connectivity index is 0.00000245. The van der Waals surface area contributed by atoms with E-state index in [-0.39, 0.29) is 20.7 Å². The van der Waals surface area contributed by atoms with E-state index < -0.39 is 5.41 Å². The maximum Gasteiger partial charge on any atom is 0.236 e. The lowest BCUT2D eigenvalue weighted by atomic mass is 9.94. The Labute approximate surface area is 182 Å². The molecular formula is C25H26N2O4. The minimum Gasteiger partial charge on any atom is -0.454 e. The summed E-state index contributed by atoms with van der Waals surface area (Å²) in [5.41, 5.74) is 5.22. The van der Waals surface area contributed by atoms with Crippen molar-refractivity contribution in [2.45, 2.75) is 38.7 Å². The number of carbonyl (C=O) groups is 1. The van der Waals surface area contributed by atoms with Crippen LogP contribution in [0.25, 0.3) is 11.1 Å². The summed E-state index contributed by atoms with van der Waals surface area (Å²) >= 11 is 0. The molecule has 0 bridgehead atoms. The number of hydrogen-bond acceptors (Lipinski definition) is 5. The van der Waals surface area contributed by atoms with Gasteiger partial charge in [-0.15, -0.1) is 0 Å². The van der Waals surface area contributed by atoms with E-state index in [2.05, 4.69) is 10.3 Å². The van der Waals surface area contributed by atoms with Gasteiger partial charge >= 0.3 is 0 Å². The summed E-state index contributed by atoms with van der Waals surface area (Å²) in [6, 6.07) is 13.5. The third-order valence-corrected chi connectivity index (χ3v) is 6.41. The number of amides is 1. The summed E-state index contributed by atoms with van der Waals surface area (Å²) in [5.74, 6) is 1.94. The second kappa shape index (κ2) is 7.39. The first-order chi connectivity index (χ1) is 15.0. The molecule has 1 amide bonds. The quantitative estimate of drug-likeness (QED) is 0.638. The van der Waals surface area contributed by atoms with Gasteiger partial charge in [-0.25, -0.2) is 4.98 Å². The number of benzene rings is 2. The highest BCUT2D eigenvalue weighted by molar-refractivity contribution is 6.01. The maximum atomic E-state index is 13.2. The number of fused-ring (bicyclic) bond motifs is 1. The zero-order valence-electron chi connectivity index (χ0n) is 17.6. The van der Waals surface area contributed by atoms with Crippen molar-refractivity contribution in [1.82, 2.24) is 4.98 Å². The van der Waals surface area contributed by atoms with E-state index >= 15 is 0 Å². The molecule has 2 heterocycles. The average Bonchev–Trinajstić information content (AvgIpc) is 3.48. The SMILES string of the molecule is Cc1c(-c2cccc(CO)c2)cnc(NC(=O)C2(c3ccc4c(c3)OCO4)CC2)c1C.[HH]. The molecule has 6 heteroatoms. The van der Waals surface area contributed by atoms with E-state index in [0.29, 0.717) is 17.3 Å². The molecule has 2 aromatic carbocycles. The van der Waals surface area contributed by atoms with Crippen LogP contribution in [0.15, 0.2) is 48.7 Å². The Morgan fingerprint density at radius 3 is 2.71 bits per heavy atom. The van der Waals surface area contributed by atoms with Crippen LogP contribution in [-0.4, -0.2) is 22.8 Å². The Bertz CT molecular complexity index is 1190. The molecule has 2 N–H and O–H groups in total. The predicted molar refractivity (Wildman–Crippen MR) is 119 cm³/mol. The van der Waals surface area contributed by atoms with Crippen molar-refractivity contribution in [3.8, 4) is 22.6 Å².